The fraction of sp³-hybridized carbons (Fsp3) is 0.176. The Morgan fingerprint density at radius 3 is 2.45 bits per heavy atom. The molecule has 3 nitrogen and oxygen atoms in total. The first-order chi connectivity index (χ1) is 9.92. The van der Waals surface area contributed by atoms with Crippen molar-refractivity contribution in [3.05, 3.63) is 79.1 Å². The molecule has 0 aliphatic rings. The second-order valence-corrected chi connectivity index (χ2v) is 4.15. The number of rotatable bonds is 3. The molecule has 1 aromatic carbocycles. The standard InChI is InChI=1S/C15H14N3.C2H6/c1-2-7-15(8-3-1)18-11-10-17(13-18)12-14-6-4-5-9-16-14;1-2/h1-11,13H,12H2;1-2H3/q+1;. The van der Waals surface area contributed by atoms with Gasteiger partial charge >= 0.3 is 0 Å². The largest absolute Gasteiger partial charge is 0.257 e. The lowest BCUT2D eigenvalue weighted by molar-refractivity contribution is -0.688. The van der Waals surface area contributed by atoms with E-state index < -0.39 is 0 Å². The summed E-state index contributed by atoms with van der Waals surface area (Å²) in [6, 6.07) is 16.3. The molecule has 2 aromatic heterocycles. The van der Waals surface area contributed by atoms with Crippen LogP contribution in [0, 0.1) is 0 Å². The summed E-state index contributed by atoms with van der Waals surface area (Å²) in [6.07, 6.45) is 8.01. The summed E-state index contributed by atoms with van der Waals surface area (Å²) in [5, 5.41) is 0. The molecule has 20 heavy (non-hydrogen) atoms. The predicted octanol–water partition coefficient (Wildman–Crippen LogP) is 3.23. The SMILES string of the molecule is CC.c1ccc(-n2cc[n+](Cc3ccccn3)c2)cc1. The number of pyridine rings is 1. The van der Waals surface area contributed by atoms with Crippen molar-refractivity contribution in [2.45, 2.75) is 20.4 Å². The molecule has 3 rings (SSSR count). The van der Waals surface area contributed by atoms with E-state index in [1.807, 2.05) is 56.4 Å². The molecule has 3 aromatic rings. The van der Waals surface area contributed by atoms with Gasteiger partial charge in [-0.2, -0.15) is 0 Å². The molecule has 0 saturated carbocycles. The highest BCUT2D eigenvalue weighted by Crippen LogP contribution is 2.04. The molecule has 0 unspecified atom stereocenters. The third-order valence-electron chi connectivity index (χ3n) is 2.82. The van der Waals surface area contributed by atoms with Crippen molar-refractivity contribution in [2.75, 3.05) is 0 Å². The maximum atomic E-state index is 4.33. The van der Waals surface area contributed by atoms with Crippen LogP contribution in [0.4, 0.5) is 0 Å². The summed E-state index contributed by atoms with van der Waals surface area (Å²) in [6.45, 7) is 4.79. The van der Waals surface area contributed by atoms with E-state index in [9.17, 15) is 0 Å². The zero-order valence-corrected chi connectivity index (χ0v) is 12.0. The Morgan fingerprint density at radius 1 is 1.00 bits per heavy atom. The van der Waals surface area contributed by atoms with Crippen LogP contribution in [-0.2, 0) is 6.54 Å². The van der Waals surface area contributed by atoms with E-state index in [4.69, 9.17) is 0 Å². The smallest absolute Gasteiger partial charge is 0.249 e. The van der Waals surface area contributed by atoms with Gasteiger partial charge in [-0.25, -0.2) is 9.13 Å². The van der Waals surface area contributed by atoms with Crippen LogP contribution in [0.3, 0.4) is 0 Å². The minimum absolute atomic E-state index is 0.792. The molecule has 0 aliphatic carbocycles. The lowest BCUT2D eigenvalue weighted by Gasteiger charge is -1.96. The Hall–Kier alpha value is -2.42. The van der Waals surface area contributed by atoms with Crippen LogP contribution in [0.15, 0.2) is 73.4 Å². The molecule has 0 atom stereocenters. The van der Waals surface area contributed by atoms with E-state index in [0.29, 0.717) is 0 Å². The molecular weight excluding hydrogens is 246 g/mol. The van der Waals surface area contributed by atoms with Crippen LogP contribution >= 0.6 is 0 Å². The van der Waals surface area contributed by atoms with Gasteiger partial charge in [0.05, 0.1) is 5.69 Å². The summed E-state index contributed by atoms with van der Waals surface area (Å²) in [5.41, 5.74) is 2.23. The number of para-hydroxylation sites is 1. The highest BCUT2D eigenvalue weighted by atomic mass is 15.1. The molecule has 102 valence electrons. The summed E-state index contributed by atoms with van der Waals surface area (Å²) < 4.78 is 4.22. The number of imidazole rings is 1. The van der Waals surface area contributed by atoms with E-state index in [-0.39, 0.29) is 0 Å². The number of hydrogen-bond acceptors (Lipinski definition) is 1. The maximum absolute atomic E-state index is 4.33. The van der Waals surface area contributed by atoms with Crippen LogP contribution in [0.2, 0.25) is 0 Å². The van der Waals surface area contributed by atoms with Crippen molar-refractivity contribution in [2.24, 2.45) is 0 Å². The van der Waals surface area contributed by atoms with Crippen molar-refractivity contribution in [1.82, 2.24) is 9.55 Å². The third kappa shape index (κ3) is 3.54. The monoisotopic (exact) mass is 266 g/mol. The number of nitrogens with zero attached hydrogens (tertiary/aromatic N) is 3. The average Bonchev–Trinajstić information content (AvgIpc) is 3.00. The van der Waals surface area contributed by atoms with Gasteiger partial charge in [0.2, 0.25) is 6.33 Å². The number of hydrogen-bond donors (Lipinski definition) is 0. The molecule has 0 bridgehead atoms. The molecule has 0 aliphatic heterocycles. The molecule has 2 heterocycles. The van der Waals surface area contributed by atoms with Gasteiger partial charge in [-0.1, -0.05) is 38.1 Å². The lowest BCUT2D eigenvalue weighted by atomic mass is 10.3. The zero-order chi connectivity index (χ0) is 14.2. The first-order valence-corrected chi connectivity index (χ1v) is 6.94. The molecule has 0 radical (unpaired) electrons. The Kier molecular flexibility index (Phi) is 5.07. The van der Waals surface area contributed by atoms with Gasteiger partial charge in [-0.15, -0.1) is 0 Å². The highest BCUT2D eigenvalue weighted by Gasteiger charge is 2.06. The molecule has 3 heteroatoms. The van der Waals surface area contributed by atoms with Gasteiger partial charge in [0.1, 0.15) is 24.6 Å². The average molecular weight is 266 g/mol. The second-order valence-electron chi connectivity index (χ2n) is 4.15. The zero-order valence-electron chi connectivity index (χ0n) is 12.0. The minimum atomic E-state index is 0.792. The van der Waals surface area contributed by atoms with Crippen molar-refractivity contribution >= 4 is 0 Å². The van der Waals surface area contributed by atoms with E-state index in [2.05, 4.69) is 45.0 Å². The van der Waals surface area contributed by atoms with Crippen molar-refractivity contribution in [3.63, 3.8) is 0 Å². The molecule has 0 spiro atoms. The van der Waals surface area contributed by atoms with Crippen LogP contribution in [0.25, 0.3) is 5.69 Å². The fourth-order valence-corrected chi connectivity index (χ4v) is 1.92. The molecule has 0 fully saturated rings. The molecule has 0 amide bonds. The maximum Gasteiger partial charge on any atom is 0.249 e. The van der Waals surface area contributed by atoms with Crippen molar-refractivity contribution in [1.29, 1.82) is 0 Å². The van der Waals surface area contributed by atoms with Crippen LogP contribution in [-0.4, -0.2) is 9.55 Å². The highest BCUT2D eigenvalue weighted by molar-refractivity contribution is 5.30. The van der Waals surface area contributed by atoms with Gasteiger partial charge in [-0.05, 0) is 24.3 Å². The third-order valence-corrected chi connectivity index (χ3v) is 2.82. The quantitative estimate of drug-likeness (QED) is 0.667. The van der Waals surface area contributed by atoms with Gasteiger partial charge in [0, 0.05) is 6.20 Å². The Morgan fingerprint density at radius 2 is 1.75 bits per heavy atom. The summed E-state index contributed by atoms with van der Waals surface area (Å²) in [7, 11) is 0. The van der Waals surface area contributed by atoms with Gasteiger partial charge in [-0.3, -0.25) is 4.98 Å². The van der Waals surface area contributed by atoms with E-state index in [1.54, 1.807) is 0 Å². The Labute approximate surface area is 120 Å². The second kappa shape index (κ2) is 7.24. The molecular formula is C17H20N3+. The first-order valence-electron chi connectivity index (χ1n) is 6.94. The van der Waals surface area contributed by atoms with E-state index in [0.717, 1.165) is 17.9 Å². The van der Waals surface area contributed by atoms with E-state index in [1.165, 1.54) is 0 Å². The van der Waals surface area contributed by atoms with E-state index >= 15 is 0 Å². The summed E-state index contributed by atoms with van der Waals surface area (Å²) in [4.78, 5) is 4.33. The van der Waals surface area contributed by atoms with Crippen LogP contribution in [0.5, 0.6) is 0 Å². The summed E-state index contributed by atoms with van der Waals surface area (Å²) >= 11 is 0. The Bertz CT molecular complexity index is 615. The summed E-state index contributed by atoms with van der Waals surface area (Å²) in [5.74, 6) is 0. The van der Waals surface area contributed by atoms with Crippen molar-refractivity contribution in [3.8, 4) is 5.69 Å². The first kappa shape index (κ1) is 14.0. The van der Waals surface area contributed by atoms with Gasteiger partial charge < -0.3 is 0 Å². The van der Waals surface area contributed by atoms with Crippen molar-refractivity contribution < 1.29 is 4.57 Å². The van der Waals surface area contributed by atoms with Gasteiger partial charge in [0.25, 0.3) is 0 Å². The van der Waals surface area contributed by atoms with Crippen LogP contribution in [0.1, 0.15) is 19.5 Å². The lowest BCUT2D eigenvalue weighted by Crippen LogP contribution is -2.31. The molecule has 0 saturated heterocycles. The predicted molar refractivity (Wildman–Crippen MR) is 80.7 cm³/mol. The Balaban J connectivity index is 0.000000704. The number of benzene rings is 1. The van der Waals surface area contributed by atoms with Gasteiger partial charge in [0.15, 0.2) is 0 Å². The van der Waals surface area contributed by atoms with Crippen LogP contribution < -0.4 is 4.57 Å². The topological polar surface area (TPSA) is 21.7 Å². The normalized spacial score (nSPS) is 9.70. The fourth-order valence-electron chi connectivity index (χ4n) is 1.92. The minimum Gasteiger partial charge on any atom is -0.257 e. The molecule has 0 N–H and O–H groups in total. The number of aromatic nitrogens is 3.